The largest absolute Gasteiger partial charge is 0.478 e. The maximum absolute atomic E-state index is 12.4. The molecule has 23 heavy (non-hydrogen) atoms. The average molecular weight is 326 g/mol. The molecule has 1 N–H and O–H groups in total. The van der Waals surface area contributed by atoms with Gasteiger partial charge in [-0.1, -0.05) is 6.58 Å². The Labute approximate surface area is 134 Å². The normalized spacial score (nSPS) is 12.2. The molecule has 128 valence electrons. The number of hydrogen-bond acceptors (Lipinski definition) is 6. The van der Waals surface area contributed by atoms with Crippen molar-refractivity contribution in [3.05, 3.63) is 12.2 Å². The van der Waals surface area contributed by atoms with Gasteiger partial charge in [-0.2, -0.15) is 0 Å². The quantitative estimate of drug-likeness (QED) is 0.367. The molecule has 0 rings (SSSR count). The zero-order valence-electron chi connectivity index (χ0n) is 13.8. The molecule has 0 heterocycles. The van der Waals surface area contributed by atoms with E-state index < -0.39 is 53.6 Å². The fraction of sp³-hybridized carbons (Fsp3) is 0.562. The first-order chi connectivity index (χ1) is 10.4. The summed E-state index contributed by atoms with van der Waals surface area (Å²) in [5.74, 6) is -3.72. The van der Waals surface area contributed by atoms with Gasteiger partial charge in [0, 0.05) is 24.8 Å². The predicted octanol–water partition coefficient (Wildman–Crippen LogP) is 1.48. The Hall–Kier alpha value is -2.31. The van der Waals surface area contributed by atoms with Crippen LogP contribution in [0.2, 0.25) is 0 Å². The molecule has 0 aromatic rings. The van der Waals surface area contributed by atoms with Crippen molar-refractivity contribution in [3.63, 3.8) is 0 Å². The minimum atomic E-state index is -1.86. The Kier molecular flexibility index (Phi) is 7.52. The van der Waals surface area contributed by atoms with Crippen molar-refractivity contribution in [2.24, 2.45) is 5.41 Å². The zero-order chi connectivity index (χ0) is 18.4. The number of carboxylic acids is 1. The molecule has 0 bridgehead atoms. The van der Waals surface area contributed by atoms with Gasteiger partial charge in [0.1, 0.15) is 28.9 Å². The van der Waals surface area contributed by atoms with Crippen LogP contribution < -0.4 is 0 Å². The summed E-state index contributed by atoms with van der Waals surface area (Å²) in [4.78, 5) is 58.0. The SMILES string of the molecule is C=C(CC(C)OC(=O)C(CC(C)=O)(CC(C)=O)C(C)=O)C(=O)O. The number of carbonyl (C=O) groups is 5. The number of esters is 1. The van der Waals surface area contributed by atoms with Gasteiger partial charge in [0.15, 0.2) is 0 Å². The highest BCUT2D eigenvalue weighted by atomic mass is 16.5. The molecule has 0 spiro atoms. The van der Waals surface area contributed by atoms with Crippen molar-refractivity contribution in [1.29, 1.82) is 0 Å². The second kappa shape index (κ2) is 8.36. The molecule has 1 atom stereocenters. The number of hydrogen-bond donors (Lipinski definition) is 1. The molecule has 0 aliphatic heterocycles. The summed E-state index contributed by atoms with van der Waals surface area (Å²) in [6.07, 6.45) is -1.86. The van der Waals surface area contributed by atoms with Gasteiger partial charge in [-0.15, -0.1) is 0 Å². The minimum Gasteiger partial charge on any atom is -0.478 e. The summed E-state index contributed by atoms with van der Waals surface area (Å²) in [6, 6.07) is 0. The lowest BCUT2D eigenvalue weighted by molar-refractivity contribution is -0.167. The molecule has 0 fully saturated rings. The predicted molar refractivity (Wildman–Crippen MR) is 80.7 cm³/mol. The Morgan fingerprint density at radius 1 is 1.04 bits per heavy atom. The van der Waals surface area contributed by atoms with E-state index in [0.717, 1.165) is 6.92 Å². The van der Waals surface area contributed by atoms with Crippen LogP contribution in [-0.2, 0) is 28.7 Å². The molecule has 0 aliphatic rings. The molecule has 0 saturated heterocycles. The number of carbonyl (C=O) groups excluding carboxylic acids is 4. The van der Waals surface area contributed by atoms with E-state index in [1.54, 1.807) is 0 Å². The van der Waals surface area contributed by atoms with Crippen LogP contribution in [0, 0.1) is 5.41 Å². The van der Waals surface area contributed by atoms with Crippen molar-refractivity contribution in [3.8, 4) is 0 Å². The van der Waals surface area contributed by atoms with E-state index in [1.807, 2.05) is 0 Å². The van der Waals surface area contributed by atoms with Gasteiger partial charge in [-0.3, -0.25) is 19.2 Å². The molecular weight excluding hydrogens is 304 g/mol. The maximum Gasteiger partial charge on any atom is 0.331 e. The average Bonchev–Trinajstić information content (AvgIpc) is 2.35. The molecule has 0 amide bonds. The lowest BCUT2D eigenvalue weighted by atomic mass is 9.75. The Morgan fingerprint density at radius 3 is 1.78 bits per heavy atom. The zero-order valence-corrected chi connectivity index (χ0v) is 13.8. The summed E-state index contributed by atoms with van der Waals surface area (Å²) in [5.41, 5.74) is -2.02. The van der Waals surface area contributed by atoms with Crippen molar-refractivity contribution < 1.29 is 33.8 Å². The van der Waals surface area contributed by atoms with Crippen LogP contribution in [0.15, 0.2) is 12.2 Å². The molecule has 1 unspecified atom stereocenters. The lowest BCUT2D eigenvalue weighted by Crippen LogP contribution is -2.43. The molecular formula is C16H22O7. The number of aliphatic carboxylic acids is 1. The second-order valence-electron chi connectivity index (χ2n) is 5.72. The Bertz CT molecular complexity index is 529. The second-order valence-corrected chi connectivity index (χ2v) is 5.72. The monoisotopic (exact) mass is 326 g/mol. The Morgan fingerprint density at radius 2 is 1.48 bits per heavy atom. The lowest BCUT2D eigenvalue weighted by Gasteiger charge is -2.28. The Balaban J connectivity index is 5.38. The number of Topliss-reactive ketones (excluding diaryl/α,β-unsaturated/α-hetero) is 3. The molecule has 0 aromatic carbocycles. The first-order valence-corrected chi connectivity index (χ1v) is 7.04. The van der Waals surface area contributed by atoms with Gasteiger partial charge in [0.05, 0.1) is 0 Å². The van der Waals surface area contributed by atoms with Crippen LogP contribution in [-0.4, -0.2) is 40.5 Å². The third-order valence-electron chi connectivity index (χ3n) is 3.31. The van der Waals surface area contributed by atoms with Gasteiger partial charge < -0.3 is 9.84 Å². The maximum atomic E-state index is 12.4. The van der Waals surface area contributed by atoms with Crippen molar-refractivity contribution >= 4 is 29.3 Å². The van der Waals surface area contributed by atoms with Gasteiger partial charge in [-0.05, 0) is 27.7 Å². The number of ether oxygens (including phenoxy) is 1. The first-order valence-electron chi connectivity index (χ1n) is 7.04. The summed E-state index contributed by atoms with van der Waals surface area (Å²) in [7, 11) is 0. The number of rotatable bonds is 10. The van der Waals surface area contributed by atoms with Gasteiger partial charge >= 0.3 is 11.9 Å². The summed E-state index contributed by atoms with van der Waals surface area (Å²) >= 11 is 0. The molecule has 0 radical (unpaired) electrons. The van der Waals surface area contributed by atoms with Crippen LogP contribution in [0.5, 0.6) is 0 Å². The van der Waals surface area contributed by atoms with E-state index in [4.69, 9.17) is 9.84 Å². The van der Waals surface area contributed by atoms with E-state index in [2.05, 4.69) is 6.58 Å². The fourth-order valence-electron chi connectivity index (χ4n) is 2.22. The van der Waals surface area contributed by atoms with E-state index in [9.17, 15) is 24.0 Å². The standard InChI is InChI=1S/C16H22O7/c1-9(14(20)21)6-12(4)23-15(22)16(13(5)19,7-10(2)17)8-11(3)18/h12H,1,6-8H2,2-5H3,(H,20,21). The van der Waals surface area contributed by atoms with E-state index in [-0.39, 0.29) is 12.0 Å². The summed E-state index contributed by atoms with van der Waals surface area (Å²) in [5, 5.41) is 8.77. The van der Waals surface area contributed by atoms with Crippen LogP contribution in [0.3, 0.4) is 0 Å². The highest BCUT2D eigenvalue weighted by Crippen LogP contribution is 2.32. The van der Waals surface area contributed by atoms with Crippen LogP contribution in [0.25, 0.3) is 0 Å². The molecule has 7 heteroatoms. The molecule has 0 saturated carbocycles. The van der Waals surface area contributed by atoms with Crippen LogP contribution in [0.1, 0.15) is 47.0 Å². The van der Waals surface area contributed by atoms with Crippen molar-refractivity contribution in [2.45, 2.75) is 53.1 Å². The van der Waals surface area contributed by atoms with E-state index >= 15 is 0 Å². The molecule has 0 aliphatic carbocycles. The van der Waals surface area contributed by atoms with Gasteiger partial charge in [0.25, 0.3) is 0 Å². The van der Waals surface area contributed by atoms with E-state index in [1.165, 1.54) is 20.8 Å². The highest BCUT2D eigenvalue weighted by Gasteiger charge is 2.47. The third-order valence-corrected chi connectivity index (χ3v) is 3.31. The highest BCUT2D eigenvalue weighted by molar-refractivity contribution is 6.08. The smallest absolute Gasteiger partial charge is 0.331 e. The molecule has 0 aromatic heterocycles. The first kappa shape index (κ1) is 20.7. The molecule has 7 nitrogen and oxygen atoms in total. The van der Waals surface area contributed by atoms with Crippen LogP contribution in [0.4, 0.5) is 0 Å². The summed E-state index contributed by atoms with van der Waals surface area (Å²) < 4.78 is 5.11. The van der Waals surface area contributed by atoms with Gasteiger partial charge in [-0.25, -0.2) is 4.79 Å². The number of carboxylic acid groups (broad SMARTS) is 1. The van der Waals surface area contributed by atoms with E-state index in [0.29, 0.717) is 0 Å². The fourth-order valence-corrected chi connectivity index (χ4v) is 2.22. The minimum absolute atomic E-state index is 0.130. The van der Waals surface area contributed by atoms with Crippen molar-refractivity contribution in [2.75, 3.05) is 0 Å². The topological polar surface area (TPSA) is 115 Å². The van der Waals surface area contributed by atoms with Gasteiger partial charge in [0.2, 0.25) is 0 Å². The third kappa shape index (κ3) is 6.14. The van der Waals surface area contributed by atoms with Crippen LogP contribution >= 0.6 is 0 Å². The number of ketones is 3. The summed E-state index contributed by atoms with van der Waals surface area (Å²) in [6.45, 7) is 8.31. The van der Waals surface area contributed by atoms with Crippen molar-refractivity contribution in [1.82, 2.24) is 0 Å².